The number of hydrogen-bond donors (Lipinski definition) is 2. The summed E-state index contributed by atoms with van der Waals surface area (Å²) in [6.45, 7) is 3.66. The van der Waals surface area contributed by atoms with Crippen LogP contribution in [0.4, 0.5) is 0 Å². The van der Waals surface area contributed by atoms with Crippen molar-refractivity contribution in [3.05, 3.63) is 59.7 Å². The van der Waals surface area contributed by atoms with E-state index in [-0.39, 0.29) is 36.8 Å². The number of rotatable bonds is 2. The fraction of sp³-hybridized carbons (Fsp3) is 0.133. The van der Waals surface area contributed by atoms with Crippen molar-refractivity contribution >= 4 is 18.7 Å². The van der Waals surface area contributed by atoms with Gasteiger partial charge in [0.05, 0.1) is 0 Å². The third kappa shape index (κ3) is 5.13. The summed E-state index contributed by atoms with van der Waals surface area (Å²) in [5.74, 6) is 0.109. The van der Waals surface area contributed by atoms with Gasteiger partial charge in [0.15, 0.2) is 5.78 Å². The fourth-order valence-corrected chi connectivity index (χ4v) is 1.77. The number of hydrogen-bond acceptors (Lipinski definition) is 3. The van der Waals surface area contributed by atoms with Gasteiger partial charge in [-0.1, -0.05) is 42.5 Å². The summed E-state index contributed by atoms with van der Waals surface area (Å²) in [5, 5.41) is 0. The first-order valence-corrected chi connectivity index (χ1v) is 5.95. The molecule has 0 unspecified atom stereocenters. The Morgan fingerprint density at radius 2 is 1.68 bits per heavy atom. The average Bonchev–Trinajstić information content (AvgIpc) is 2.42. The quantitative estimate of drug-likeness (QED) is 0.378. The molecule has 2 aromatic carbocycles. The molecule has 19 heavy (non-hydrogen) atoms. The van der Waals surface area contributed by atoms with Gasteiger partial charge < -0.3 is 5.98 Å². The zero-order valence-electron chi connectivity index (χ0n) is 12.4. The minimum atomic E-state index is 0. The second-order valence-electron chi connectivity index (χ2n) is 3.95. The van der Waals surface area contributed by atoms with Crippen molar-refractivity contribution in [2.45, 2.75) is 13.8 Å². The molecule has 0 radical (unpaired) electrons. The van der Waals surface area contributed by atoms with Crippen LogP contribution in [0, 0.1) is 6.92 Å². The van der Waals surface area contributed by atoms with E-state index in [0.717, 1.165) is 16.7 Å². The van der Waals surface area contributed by atoms with Crippen molar-refractivity contribution in [3.8, 4) is 11.1 Å². The number of aryl methyl sites for hydroxylation is 1. The Morgan fingerprint density at radius 1 is 1.11 bits per heavy atom. The van der Waals surface area contributed by atoms with E-state index < -0.39 is 0 Å². The van der Waals surface area contributed by atoms with Crippen molar-refractivity contribution in [1.82, 2.24) is 0 Å². The molecule has 0 saturated carbocycles. The van der Waals surface area contributed by atoms with Crippen molar-refractivity contribution in [3.63, 3.8) is 0 Å². The van der Waals surface area contributed by atoms with Crippen molar-refractivity contribution in [2.75, 3.05) is 0 Å². The summed E-state index contributed by atoms with van der Waals surface area (Å²) in [6.07, 6.45) is 0. The Labute approximate surface area is 143 Å². The van der Waals surface area contributed by atoms with Gasteiger partial charge in [0.25, 0.3) is 0 Å². The predicted molar refractivity (Wildman–Crippen MR) is 79.3 cm³/mol. The third-order valence-corrected chi connectivity index (χ3v) is 2.73. The number of carbonyl (C=O) groups is 1. The molecule has 1 N–H and O–H groups in total. The molecule has 0 aromatic heterocycles. The maximum Gasteiger partial charge on any atom is 1.00 e. The van der Waals surface area contributed by atoms with E-state index >= 15 is 0 Å². The second-order valence-corrected chi connectivity index (χ2v) is 3.95. The molecule has 0 heterocycles. The number of thiol groups is 1. The zero-order chi connectivity index (χ0) is 13.5. The predicted octanol–water partition coefficient (Wildman–Crippen LogP) is 1.37. The van der Waals surface area contributed by atoms with Crippen LogP contribution in [0.25, 0.3) is 11.1 Å². The first kappa shape index (κ1) is 18.4. The molecule has 2 aromatic rings. The van der Waals surface area contributed by atoms with E-state index in [1.165, 1.54) is 5.56 Å². The minimum absolute atomic E-state index is 0. The molecule has 96 valence electrons. The molecule has 2 nitrogen and oxygen atoms in total. The number of ketones is 1. The largest absolute Gasteiger partial charge is 1.00 e. The van der Waals surface area contributed by atoms with Gasteiger partial charge in [0.2, 0.25) is 0 Å². The summed E-state index contributed by atoms with van der Waals surface area (Å²) in [6, 6.07) is 16.0. The summed E-state index contributed by atoms with van der Waals surface area (Å²) in [7, 11) is 0. The van der Waals surface area contributed by atoms with E-state index in [4.69, 9.17) is 4.55 Å². The van der Waals surface area contributed by atoms with Crippen LogP contribution >= 0.6 is 12.9 Å². The molecule has 0 spiro atoms. The number of benzene rings is 2. The molecule has 0 fully saturated rings. The van der Waals surface area contributed by atoms with Gasteiger partial charge in [-0.25, -0.2) is 0 Å². The molecule has 0 aliphatic rings. The van der Waals surface area contributed by atoms with Crippen molar-refractivity contribution < 1.29 is 40.3 Å². The van der Waals surface area contributed by atoms with Crippen LogP contribution in [0.1, 0.15) is 24.3 Å². The first-order valence-electron chi connectivity index (χ1n) is 5.55. The van der Waals surface area contributed by atoms with E-state index in [1.807, 2.05) is 36.4 Å². The summed E-state index contributed by atoms with van der Waals surface area (Å²) in [5.41, 5.74) is 4.25. The number of Topliss-reactive ketones (excluding diaryl/α,β-unsaturated/α-hetero) is 1. The molecule has 0 saturated heterocycles. The van der Waals surface area contributed by atoms with Crippen LogP contribution in [-0.4, -0.2) is 10.3 Å². The fourth-order valence-electron chi connectivity index (χ4n) is 1.77. The minimum Gasteiger partial charge on any atom is -1.00 e. The van der Waals surface area contributed by atoms with Crippen LogP contribution in [-0.2, 0) is 0 Å². The average molecular weight is 284 g/mol. The Hall–Kier alpha value is -0.580. The van der Waals surface area contributed by atoms with E-state index in [0.29, 0.717) is 0 Å². The third-order valence-electron chi connectivity index (χ3n) is 2.73. The van der Waals surface area contributed by atoms with E-state index in [9.17, 15) is 4.79 Å². The Morgan fingerprint density at radius 3 is 2.21 bits per heavy atom. The SMILES string of the molecule is CC(=O)c1ccc(C)c(-c2ccccc2)c1.OS.[H-].[Na+]. The normalized spacial score (nSPS) is 8.84. The Balaban J connectivity index is 0. The van der Waals surface area contributed by atoms with Crippen molar-refractivity contribution in [2.24, 2.45) is 0 Å². The van der Waals surface area contributed by atoms with Gasteiger partial charge in [-0.2, -0.15) is 0 Å². The van der Waals surface area contributed by atoms with Gasteiger partial charge in [-0.3, -0.25) is 4.79 Å². The molecule has 0 aliphatic carbocycles. The Bertz CT molecular complexity index is 533. The maximum atomic E-state index is 11.3. The van der Waals surface area contributed by atoms with Crippen LogP contribution in [0.3, 0.4) is 0 Å². The smallest absolute Gasteiger partial charge is 1.00 e. The van der Waals surface area contributed by atoms with Gasteiger partial charge in [0.1, 0.15) is 0 Å². The standard InChI is InChI=1S/C15H14O.Na.H2OS.H/c1-11-8-9-14(12(2)16)10-15(11)13-6-4-3-5-7-13;;1-2;/h3-10H,1-2H3;;1-2H;/q;+1;;-1. The van der Waals surface area contributed by atoms with Crippen LogP contribution < -0.4 is 29.6 Å². The van der Waals surface area contributed by atoms with E-state index in [2.05, 4.69) is 32.0 Å². The topological polar surface area (TPSA) is 37.3 Å². The monoisotopic (exact) mass is 284 g/mol. The van der Waals surface area contributed by atoms with Crippen molar-refractivity contribution in [1.29, 1.82) is 0 Å². The number of carbonyl (C=O) groups excluding carboxylic acids is 1. The Kier molecular flexibility index (Phi) is 9.06. The van der Waals surface area contributed by atoms with E-state index in [1.54, 1.807) is 6.92 Å². The summed E-state index contributed by atoms with van der Waals surface area (Å²) < 4.78 is 6.69. The zero-order valence-corrected chi connectivity index (χ0v) is 14.3. The van der Waals surface area contributed by atoms with Crippen LogP contribution in [0.15, 0.2) is 48.5 Å². The molecule has 0 amide bonds. The van der Waals surface area contributed by atoms with Gasteiger partial charge >= 0.3 is 29.6 Å². The molecule has 2 rings (SSSR count). The molecule has 0 bridgehead atoms. The van der Waals surface area contributed by atoms with Gasteiger partial charge in [-0.15, -0.1) is 0 Å². The van der Waals surface area contributed by atoms with Gasteiger partial charge in [-0.05, 0) is 49.5 Å². The summed E-state index contributed by atoms with van der Waals surface area (Å²) >= 11 is 2.53. The summed E-state index contributed by atoms with van der Waals surface area (Å²) in [4.78, 5) is 11.3. The van der Waals surface area contributed by atoms with Gasteiger partial charge in [0, 0.05) is 5.56 Å². The van der Waals surface area contributed by atoms with Crippen LogP contribution in [0.2, 0.25) is 0 Å². The molecule has 0 atom stereocenters. The molecular formula is C15H17NaO2S. The molecule has 0 aliphatic heterocycles. The maximum absolute atomic E-state index is 11.3. The second kappa shape index (κ2) is 9.34. The first-order chi connectivity index (χ1) is 8.68. The molecule has 4 heteroatoms. The van der Waals surface area contributed by atoms with Crippen LogP contribution in [0.5, 0.6) is 0 Å². The molecular weight excluding hydrogens is 267 g/mol.